The average Bonchev–Trinajstić information content (AvgIpc) is 3.45. The zero-order valence-corrected chi connectivity index (χ0v) is 16.6. The lowest BCUT2D eigenvalue weighted by Crippen LogP contribution is -2.28. The first kappa shape index (κ1) is 19.6. The lowest BCUT2D eigenvalue weighted by Gasteiger charge is -2.22. The zero-order chi connectivity index (χ0) is 21.3. The maximum Gasteiger partial charge on any atom is 0.296 e. The number of ether oxygens (including phenoxy) is 1. The van der Waals surface area contributed by atoms with Crippen LogP contribution in [0.2, 0.25) is 0 Å². The van der Waals surface area contributed by atoms with Gasteiger partial charge in [-0.3, -0.25) is 9.59 Å². The fraction of sp³-hybridized carbons (Fsp3) is 0.217. The molecule has 1 aliphatic heterocycles. The molecular weight excluding hydrogens is 386 g/mol. The third-order valence-electron chi connectivity index (χ3n) is 4.90. The van der Waals surface area contributed by atoms with Gasteiger partial charge in [0.1, 0.15) is 34.8 Å². The smallest absolute Gasteiger partial charge is 0.296 e. The van der Waals surface area contributed by atoms with Gasteiger partial charge >= 0.3 is 0 Å². The maximum atomic E-state index is 12.9. The van der Waals surface area contributed by atoms with Gasteiger partial charge in [0.05, 0.1) is 25.0 Å². The summed E-state index contributed by atoms with van der Waals surface area (Å²) < 4.78 is 16.6. The van der Waals surface area contributed by atoms with E-state index in [1.807, 2.05) is 6.92 Å². The maximum absolute atomic E-state index is 12.9. The highest BCUT2D eigenvalue weighted by atomic mass is 16.5. The average molecular weight is 407 g/mol. The number of carbonyl (C=O) groups is 2. The summed E-state index contributed by atoms with van der Waals surface area (Å²) in [6, 6.07) is 12.7. The van der Waals surface area contributed by atoms with E-state index in [-0.39, 0.29) is 17.9 Å². The largest absolute Gasteiger partial charge is 0.507 e. The summed E-state index contributed by atoms with van der Waals surface area (Å²) in [5, 5.41) is 11.0. The number of benzene rings is 1. The number of carbonyl (C=O) groups excluding carboxylic acids is 2. The molecule has 1 saturated heterocycles. The molecule has 154 valence electrons. The monoisotopic (exact) mass is 407 g/mol. The molecule has 1 aliphatic rings. The molecule has 1 N–H and O–H groups in total. The van der Waals surface area contributed by atoms with E-state index in [0.29, 0.717) is 35.2 Å². The molecule has 4 rings (SSSR count). The Hall–Kier alpha value is -3.74. The predicted octanol–water partition coefficient (Wildman–Crippen LogP) is 4.20. The first-order valence-corrected chi connectivity index (χ1v) is 9.60. The number of rotatable bonds is 6. The number of ketones is 1. The molecule has 0 aliphatic carbocycles. The van der Waals surface area contributed by atoms with Gasteiger partial charge in [0.15, 0.2) is 0 Å². The number of aryl methyl sites for hydroxylation is 1. The van der Waals surface area contributed by atoms with Crippen molar-refractivity contribution in [1.82, 2.24) is 4.90 Å². The standard InChI is InChI=1S/C23H21NO6/c1-3-28-16-7-4-6-15(12-16)21(25)19-20(18-10-9-14(2)30-18)24(23(27)22(19)26)13-17-8-5-11-29-17/h4-12,20,25H,3,13H2,1-2H3/b21-19+. The number of furan rings is 2. The van der Waals surface area contributed by atoms with Gasteiger partial charge in [-0.2, -0.15) is 0 Å². The van der Waals surface area contributed by atoms with Crippen molar-refractivity contribution in [3.63, 3.8) is 0 Å². The van der Waals surface area contributed by atoms with Crippen molar-refractivity contribution >= 4 is 17.4 Å². The second kappa shape index (κ2) is 7.94. The van der Waals surface area contributed by atoms with E-state index in [4.69, 9.17) is 13.6 Å². The lowest BCUT2D eigenvalue weighted by molar-refractivity contribution is -0.140. The summed E-state index contributed by atoms with van der Waals surface area (Å²) in [6.45, 7) is 4.15. The zero-order valence-electron chi connectivity index (χ0n) is 16.6. The third kappa shape index (κ3) is 3.50. The van der Waals surface area contributed by atoms with Crippen molar-refractivity contribution in [3.05, 3.63) is 83.2 Å². The number of nitrogens with zero attached hydrogens (tertiary/aromatic N) is 1. The molecule has 1 amide bonds. The molecule has 1 atom stereocenters. The molecule has 1 aromatic carbocycles. The van der Waals surface area contributed by atoms with Crippen LogP contribution >= 0.6 is 0 Å². The molecule has 0 saturated carbocycles. The van der Waals surface area contributed by atoms with Crippen LogP contribution in [0.5, 0.6) is 5.75 Å². The Balaban J connectivity index is 1.83. The van der Waals surface area contributed by atoms with Crippen LogP contribution in [0.15, 0.2) is 69.2 Å². The topological polar surface area (TPSA) is 93.1 Å². The molecule has 0 spiro atoms. The van der Waals surface area contributed by atoms with E-state index in [1.165, 1.54) is 11.2 Å². The van der Waals surface area contributed by atoms with E-state index in [9.17, 15) is 14.7 Å². The van der Waals surface area contributed by atoms with Gasteiger partial charge in [0.2, 0.25) is 0 Å². The fourth-order valence-electron chi connectivity index (χ4n) is 3.57. The van der Waals surface area contributed by atoms with E-state index in [2.05, 4.69) is 0 Å². The second-order valence-corrected chi connectivity index (χ2v) is 6.92. The Morgan fingerprint density at radius 3 is 2.67 bits per heavy atom. The van der Waals surface area contributed by atoms with Gasteiger partial charge in [0.25, 0.3) is 11.7 Å². The summed E-state index contributed by atoms with van der Waals surface area (Å²) >= 11 is 0. The molecule has 7 heteroatoms. The lowest BCUT2D eigenvalue weighted by atomic mass is 9.99. The van der Waals surface area contributed by atoms with Crippen LogP contribution in [-0.4, -0.2) is 28.3 Å². The van der Waals surface area contributed by atoms with Crippen LogP contribution in [0.1, 0.15) is 35.8 Å². The predicted molar refractivity (Wildman–Crippen MR) is 108 cm³/mol. The minimum Gasteiger partial charge on any atom is -0.507 e. The van der Waals surface area contributed by atoms with Crippen molar-refractivity contribution in [1.29, 1.82) is 0 Å². The van der Waals surface area contributed by atoms with Gasteiger partial charge in [-0.15, -0.1) is 0 Å². The van der Waals surface area contributed by atoms with Crippen molar-refractivity contribution in [3.8, 4) is 5.75 Å². The first-order chi connectivity index (χ1) is 14.5. The first-order valence-electron chi connectivity index (χ1n) is 9.60. The molecule has 1 fully saturated rings. The minimum atomic E-state index is -0.875. The summed E-state index contributed by atoms with van der Waals surface area (Å²) in [5.41, 5.74) is 0.347. The fourth-order valence-corrected chi connectivity index (χ4v) is 3.57. The van der Waals surface area contributed by atoms with Gasteiger partial charge in [-0.1, -0.05) is 12.1 Å². The molecule has 3 heterocycles. The highest BCUT2D eigenvalue weighted by Crippen LogP contribution is 2.41. The van der Waals surface area contributed by atoms with Crippen LogP contribution < -0.4 is 4.74 Å². The van der Waals surface area contributed by atoms with Crippen molar-refractivity contribution in [2.75, 3.05) is 6.61 Å². The number of likely N-dealkylation sites (tertiary alicyclic amines) is 1. The Morgan fingerprint density at radius 1 is 1.17 bits per heavy atom. The van der Waals surface area contributed by atoms with Crippen LogP contribution in [-0.2, 0) is 16.1 Å². The molecule has 30 heavy (non-hydrogen) atoms. The molecule has 3 aromatic rings. The number of Topliss-reactive ketones (excluding diaryl/α,β-unsaturated/α-hetero) is 1. The van der Waals surface area contributed by atoms with Crippen LogP contribution in [0.4, 0.5) is 0 Å². The van der Waals surface area contributed by atoms with Crippen molar-refractivity contribution < 1.29 is 28.3 Å². The number of aliphatic hydroxyl groups is 1. The number of hydrogen-bond acceptors (Lipinski definition) is 6. The Labute approximate surface area is 173 Å². The van der Waals surface area contributed by atoms with Gasteiger partial charge < -0.3 is 23.6 Å². The van der Waals surface area contributed by atoms with Gasteiger partial charge in [-0.05, 0) is 50.2 Å². The SMILES string of the molecule is CCOc1cccc(/C(O)=C2\C(=O)C(=O)N(Cc3ccco3)C2c2ccc(C)o2)c1. The summed E-state index contributed by atoms with van der Waals surface area (Å²) in [4.78, 5) is 27.2. The number of aliphatic hydroxyl groups excluding tert-OH is 1. The van der Waals surface area contributed by atoms with Crippen molar-refractivity contribution in [2.45, 2.75) is 26.4 Å². The third-order valence-corrected chi connectivity index (χ3v) is 4.90. The second-order valence-electron chi connectivity index (χ2n) is 6.92. The van der Waals surface area contributed by atoms with Crippen LogP contribution in [0, 0.1) is 6.92 Å². The Kier molecular flexibility index (Phi) is 5.18. The molecule has 1 unspecified atom stereocenters. The van der Waals surface area contributed by atoms with E-state index < -0.39 is 17.7 Å². The molecule has 7 nitrogen and oxygen atoms in total. The summed E-state index contributed by atoms with van der Waals surface area (Å²) in [6.07, 6.45) is 1.50. The normalized spacial score (nSPS) is 18.2. The number of amides is 1. The highest BCUT2D eigenvalue weighted by molar-refractivity contribution is 6.46. The Morgan fingerprint density at radius 2 is 2.00 bits per heavy atom. The Bertz CT molecular complexity index is 1110. The highest BCUT2D eigenvalue weighted by Gasteiger charge is 2.47. The summed E-state index contributed by atoms with van der Waals surface area (Å²) in [5.74, 6) is 0.303. The molecule has 2 aromatic heterocycles. The van der Waals surface area contributed by atoms with E-state index in [0.717, 1.165) is 0 Å². The molecular formula is C23H21NO6. The van der Waals surface area contributed by atoms with Gasteiger partial charge in [-0.25, -0.2) is 0 Å². The van der Waals surface area contributed by atoms with Gasteiger partial charge in [0, 0.05) is 5.56 Å². The summed E-state index contributed by atoms with van der Waals surface area (Å²) in [7, 11) is 0. The van der Waals surface area contributed by atoms with E-state index >= 15 is 0 Å². The van der Waals surface area contributed by atoms with Crippen LogP contribution in [0.25, 0.3) is 5.76 Å². The molecule has 0 bridgehead atoms. The van der Waals surface area contributed by atoms with E-state index in [1.54, 1.807) is 55.5 Å². The number of hydrogen-bond donors (Lipinski definition) is 1. The van der Waals surface area contributed by atoms with Crippen LogP contribution in [0.3, 0.4) is 0 Å². The minimum absolute atomic E-state index is 0.0328. The van der Waals surface area contributed by atoms with Crippen molar-refractivity contribution in [2.24, 2.45) is 0 Å². The molecule has 0 radical (unpaired) electrons. The quantitative estimate of drug-likeness (QED) is 0.374.